The van der Waals surface area contributed by atoms with Crippen molar-refractivity contribution >= 4 is 46.4 Å². The van der Waals surface area contributed by atoms with Gasteiger partial charge in [0.1, 0.15) is 0 Å². The van der Waals surface area contributed by atoms with E-state index in [9.17, 15) is 8.78 Å². The predicted octanol–water partition coefficient (Wildman–Crippen LogP) is 5.69. The number of alkyl halides is 3. The van der Waals surface area contributed by atoms with Crippen LogP contribution in [0.3, 0.4) is 0 Å². The molecule has 0 aliphatic rings. The van der Waals surface area contributed by atoms with Crippen molar-refractivity contribution in [2.45, 2.75) is 10.4 Å². The van der Waals surface area contributed by atoms with Crippen LogP contribution < -0.4 is 4.74 Å². The lowest BCUT2D eigenvalue weighted by atomic mass is 10.3. The minimum absolute atomic E-state index is 0.0341. The Morgan fingerprint density at radius 2 is 1.78 bits per heavy atom. The molecule has 0 N–H and O–H groups in total. The fraction of sp³-hybridized carbons (Fsp3) is 0.214. The molecule has 23 heavy (non-hydrogen) atoms. The molecule has 0 saturated carbocycles. The van der Waals surface area contributed by atoms with Crippen molar-refractivity contribution in [3.63, 3.8) is 0 Å². The van der Waals surface area contributed by atoms with Crippen molar-refractivity contribution in [2.24, 2.45) is 0 Å². The summed E-state index contributed by atoms with van der Waals surface area (Å²) < 4.78 is 36.1. The van der Waals surface area contributed by atoms with Crippen LogP contribution in [0.5, 0.6) is 11.6 Å². The number of pyridine rings is 1. The van der Waals surface area contributed by atoms with Crippen LogP contribution in [0.25, 0.3) is 0 Å². The fourth-order valence-electron chi connectivity index (χ4n) is 1.55. The zero-order chi connectivity index (χ0) is 17.0. The Morgan fingerprint density at radius 3 is 2.43 bits per heavy atom. The molecular weight excluding hydrogens is 394 g/mol. The summed E-state index contributed by atoms with van der Waals surface area (Å²) in [6.07, 6.45) is 0. The monoisotopic (exact) mass is 401 g/mol. The van der Waals surface area contributed by atoms with Crippen molar-refractivity contribution in [3.05, 3.63) is 52.7 Å². The van der Waals surface area contributed by atoms with Gasteiger partial charge in [-0.05, 0) is 30.3 Å². The standard InChI is InChI=1S/C14H9Cl4F2NO2/c15-8-1-4-12(11(20)5-8)23-13-10(19)3-2-9(21-13)6-22-7-14(16,17)18/h1-5H,6-7H2. The first kappa shape index (κ1) is 18.5. The van der Waals surface area contributed by atoms with Gasteiger partial charge in [-0.2, -0.15) is 0 Å². The maximum atomic E-state index is 13.7. The molecule has 3 nitrogen and oxygen atoms in total. The first-order chi connectivity index (χ1) is 10.7. The van der Waals surface area contributed by atoms with Gasteiger partial charge in [0.05, 0.1) is 18.9 Å². The lowest BCUT2D eigenvalue weighted by Crippen LogP contribution is -2.13. The molecule has 0 spiro atoms. The molecule has 0 fully saturated rings. The minimum Gasteiger partial charge on any atom is -0.433 e. The second-order valence-electron chi connectivity index (χ2n) is 4.37. The Balaban J connectivity index is 2.11. The number of halogens is 6. The lowest BCUT2D eigenvalue weighted by molar-refractivity contribution is 0.122. The maximum absolute atomic E-state index is 13.7. The molecule has 0 saturated heterocycles. The SMILES string of the molecule is Fc1cc(Cl)ccc1Oc1nc(COCC(Cl)(Cl)Cl)ccc1F. The van der Waals surface area contributed by atoms with E-state index in [4.69, 9.17) is 55.9 Å². The third-order valence-corrected chi connectivity index (χ3v) is 3.05. The van der Waals surface area contributed by atoms with Gasteiger partial charge in [-0.15, -0.1) is 0 Å². The molecule has 0 amide bonds. The number of ether oxygens (including phenoxy) is 2. The molecule has 1 aromatic carbocycles. The van der Waals surface area contributed by atoms with Crippen molar-refractivity contribution < 1.29 is 18.3 Å². The molecule has 0 unspecified atom stereocenters. The van der Waals surface area contributed by atoms with Crippen LogP contribution >= 0.6 is 46.4 Å². The van der Waals surface area contributed by atoms with Gasteiger partial charge >= 0.3 is 0 Å². The second kappa shape index (κ2) is 7.81. The first-order valence-corrected chi connectivity index (χ1v) is 7.68. The smallest absolute Gasteiger partial charge is 0.256 e. The van der Waals surface area contributed by atoms with Crippen LogP contribution in [0.4, 0.5) is 8.78 Å². The van der Waals surface area contributed by atoms with E-state index < -0.39 is 21.3 Å². The van der Waals surface area contributed by atoms with Crippen LogP contribution in [0.2, 0.25) is 5.02 Å². The van der Waals surface area contributed by atoms with E-state index >= 15 is 0 Å². The lowest BCUT2D eigenvalue weighted by Gasteiger charge is -2.12. The molecule has 9 heteroatoms. The summed E-state index contributed by atoms with van der Waals surface area (Å²) >= 11 is 22.3. The highest BCUT2D eigenvalue weighted by molar-refractivity contribution is 6.67. The largest absolute Gasteiger partial charge is 0.433 e. The fourth-order valence-corrected chi connectivity index (χ4v) is 1.94. The van der Waals surface area contributed by atoms with Crippen LogP contribution in [-0.4, -0.2) is 15.4 Å². The maximum Gasteiger partial charge on any atom is 0.256 e. The summed E-state index contributed by atoms with van der Waals surface area (Å²) in [5.41, 5.74) is 0.324. The topological polar surface area (TPSA) is 31.4 Å². The van der Waals surface area contributed by atoms with Crippen molar-refractivity contribution in [3.8, 4) is 11.6 Å². The van der Waals surface area contributed by atoms with Crippen LogP contribution in [0.15, 0.2) is 30.3 Å². The van der Waals surface area contributed by atoms with Crippen LogP contribution in [-0.2, 0) is 11.3 Å². The number of hydrogen-bond acceptors (Lipinski definition) is 3. The molecule has 0 aliphatic heterocycles. The van der Waals surface area contributed by atoms with E-state index in [1.54, 1.807) is 0 Å². The van der Waals surface area contributed by atoms with Gasteiger partial charge in [0, 0.05) is 5.02 Å². The molecule has 1 aromatic heterocycles. The average molecular weight is 403 g/mol. The summed E-state index contributed by atoms with van der Waals surface area (Å²) in [5, 5.41) is 0.192. The van der Waals surface area contributed by atoms with E-state index in [0.717, 1.165) is 12.1 Å². The summed E-state index contributed by atoms with van der Waals surface area (Å²) in [5.74, 6) is -2.11. The Bertz CT molecular complexity index is 695. The third kappa shape index (κ3) is 5.94. The van der Waals surface area contributed by atoms with Crippen molar-refractivity contribution in [2.75, 3.05) is 6.61 Å². The highest BCUT2D eigenvalue weighted by Crippen LogP contribution is 2.28. The molecule has 0 radical (unpaired) electrons. The number of aromatic nitrogens is 1. The Morgan fingerprint density at radius 1 is 1.04 bits per heavy atom. The predicted molar refractivity (Wildman–Crippen MR) is 85.6 cm³/mol. The molecule has 0 bridgehead atoms. The molecule has 2 aromatic rings. The molecule has 124 valence electrons. The summed E-state index contributed by atoms with van der Waals surface area (Å²) in [7, 11) is 0. The molecule has 0 atom stereocenters. The highest BCUT2D eigenvalue weighted by Gasteiger charge is 2.20. The van der Waals surface area contributed by atoms with Gasteiger partial charge in [0.25, 0.3) is 5.88 Å². The van der Waals surface area contributed by atoms with Gasteiger partial charge in [-0.25, -0.2) is 13.8 Å². The van der Waals surface area contributed by atoms with Gasteiger partial charge in [-0.1, -0.05) is 46.4 Å². The van der Waals surface area contributed by atoms with E-state index in [-0.39, 0.29) is 24.0 Å². The number of nitrogens with zero attached hydrogens (tertiary/aromatic N) is 1. The van der Waals surface area contributed by atoms with Gasteiger partial charge in [0.2, 0.25) is 3.79 Å². The molecular formula is C14H9Cl4F2NO2. The normalized spacial score (nSPS) is 11.6. The number of rotatable bonds is 5. The third-order valence-electron chi connectivity index (χ3n) is 2.49. The van der Waals surface area contributed by atoms with Crippen molar-refractivity contribution in [1.29, 1.82) is 0 Å². The van der Waals surface area contributed by atoms with Crippen LogP contribution in [0.1, 0.15) is 5.69 Å². The minimum atomic E-state index is -1.56. The second-order valence-corrected chi connectivity index (χ2v) is 7.33. The van der Waals surface area contributed by atoms with Crippen LogP contribution in [0, 0.1) is 11.6 Å². The van der Waals surface area contributed by atoms with Crippen molar-refractivity contribution in [1.82, 2.24) is 4.98 Å². The zero-order valence-corrected chi connectivity index (χ0v) is 14.4. The molecule has 2 rings (SSSR count). The Kier molecular flexibility index (Phi) is 6.28. The zero-order valence-electron chi connectivity index (χ0n) is 11.3. The van der Waals surface area contributed by atoms with Gasteiger partial charge in [0.15, 0.2) is 17.4 Å². The van der Waals surface area contributed by atoms with E-state index in [0.29, 0.717) is 5.69 Å². The Hall–Kier alpha value is -0.850. The summed E-state index contributed by atoms with van der Waals surface area (Å²) in [4.78, 5) is 3.90. The summed E-state index contributed by atoms with van der Waals surface area (Å²) in [6, 6.07) is 6.21. The van der Waals surface area contributed by atoms with E-state index in [1.165, 1.54) is 18.2 Å². The van der Waals surface area contributed by atoms with E-state index in [2.05, 4.69) is 4.98 Å². The molecule has 1 heterocycles. The first-order valence-electron chi connectivity index (χ1n) is 6.17. The quantitative estimate of drug-likeness (QED) is 0.601. The van der Waals surface area contributed by atoms with Gasteiger partial charge in [-0.3, -0.25) is 0 Å². The Labute approximate surface area is 151 Å². The number of hydrogen-bond donors (Lipinski definition) is 0. The van der Waals surface area contributed by atoms with E-state index in [1.807, 2.05) is 0 Å². The molecule has 0 aliphatic carbocycles. The summed E-state index contributed by atoms with van der Waals surface area (Å²) in [6.45, 7) is -0.202. The number of benzene rings is 1. The average Bonchev–Trinajstić information content (AvgIpc) is 2.44. The highest BCUT2D eigenvalue weighted by atomic mass is 35.6. The van der Waals surface area contributed by atoms with Gasteiger partial charge < -0.3 is 9.47 Å².